The lowest BCUT2D eigenvalue weighted by molar-refractivity contribution is 0.249. The summed E-state index contributed by atoms with van der Waals surface area (Å²) in [7, 11) is 0. The first-order chi connectivity index (χ1) is 15.1. The largest absolute Gasteiger partial charge is 0.354 e. The molecule has 0 bridgehead atoms. The van der Waals surface area contributed by atoms with Crippen LogP contribution in [0.25, 0.3) is 0 Å². The number of halogens is 2. The van der Waals surface area contributed by atoms with Gasteiger partial charge in [0.1, 0.15) is 23.8 Å². The summed E-state index contributed by atoms with van der Waals surface area (Å²) in [4.78, 5) is 25.3. The molecule has 2 N–H and O–H groups in total. The zero-order chi connectivity index (χ0) is 21.6. The minimum absolute atomic E-state index is 0.0615. The van der Waals surface area contributed by atoms with Crippen LogP contribution >= 0.6 is 11.6 Å². The summed E-state index contributed by atoms with van der Waals surface area (Å²) < 4.78 is 13.3. The molecule has 0 atom stereocenters. The fraction of sp³-hybridized carbons (Fsp3) is 0.227. The number of rotatable bonds is 5. The zero-order valence-corrected chi connectivity index (χ0v) is 17.5. The normalized spacial score (nSPS) is 14.3. The molecule has 1 aliphatic heterocycles. The van der Waals surface area contributed by atoms with Gasteiger partial charge in [0.05, 0.1) is 5.02 Å². The Kier molecular flexibility index (Phi) is 6.59. The van der Waals surface area contributed by atoms with Gasteiger partial charge in [-0.25, -0.2) is 19.2 Å². The Balaban J connectivity index is 1.32. The van der Waals surface area contributed by atoms with E-state index in [-0.39, 0.29) is 5.02 Å². The van der Waals surface area contributed by atoms with Gasteiger partial charge in [0.15, 0.2) is 0 Å². The fourth-order valence-electron chi connectivity index (χ4n) is 3.42. The molecule has 1 aliphatic rings. The second kappa shape index (κ2) is 9.72. The van der Waals surface area contributed by atoms with Crippen LogP contribution in [0, 0.1) is 5.82 Å². The Morgan fingerprint density at radius 2 is 1.77 bits per heavy atom. The highest BCUT2D eigenvalue weighted by Gasteiger charge is 2.19. The van der Waals surface area contributed by atoms with Crippen molar-refractivity contribution in [3.05, 3.63) is 77.3 Å². The topological polar surface area (TPSA) is 73.4 Å². The molecule has 4 rings (SSSR count). The molecule has 7 nitrogen and oxygen atoms in total. The molecule has 1 saturated heterocycles. The van der Waals surface area contributed by atoms with Crippen molar-refractivity contribution in [2.45, 2.75) is 6.54 Å². The summed E-state index contributed by atoms with van der Waals surface area (Å²) >= 11 is 5.74. The third-order valence-corrected chi connectivity index (χ3v) is 5.31. The average Bonchev–Trinajstić information content (AvgIpc) is 2.78. The number of hydrogen-bond acceptors (Lipinski definition) is 5. The molecular weight excluding hydrogens is 419 g/mol. The highest BCUT2D eigenvalue weighted by atomic mass is 35.5. The van der Waals surface area contributed by atoms with Gasteiger partial charge in [0.25, 0.3) is 0 Å². The maximum absolute atomic E-state index is 13.3. The summed E-state index contributed by atoms with van der Waals surface area (Å²) in [6.45, 7) is 4.45. The van der Waals surface area contributed by atoms with E-state index in [4.69, 9.17) is 11.6 Å². The third-order valence-electron chi connectivity index (χ3n) is 5.02. The van der Waals surface area contributed by atoms with Gasteiger partial charge in [0.2, 0.25) is 0 Å². The number of hydrogen-bond donors (Lipinski definition) is 2. The molecule has 1 fully saturated rings. The molecule has 0 aliphatic carbocycles. The van der Waals surface area contributed by atoms with Crippen LogP contribution in [0.1, 0.15) is 5.56 Å². The van der Waals surface area contributed by atoms with Crippen LogP contribution in [0.4, 0.5) is 26.5 Å². The monoisotopic (exact) mass is 440 g/mol. The molecule has 0 unspecified atom stereocenters. The van der Waals surface area contributed by atoms with Crippen LogP contribution in [0.5, 0.6) is 0 Å². The number of amides is 2. The van der Waals surface area contributed by atoms with Gasteiger partial charge < -0.3 is 10.2 Å². The fourth-order valence-corrected chi connectivity index (χ4v) is 3.60. The molecule has 0 radical (unpaired) electrons. The molecule has 31 heavy (non-hydrogen) atoms. The van der Waals surface area contributed by atoms with Crippen LogP contribution in [-0.2, 0) is 6.54 Å². The number of urea groups is 1. The van der Waals surface area contributed by atoms with Crippen molar-refractivity contribution in [1.29, 1.82) is 0 Å². The van der Waals surface area contributed by atoms with E-state index in [9.17, 15) is 9.18 Å². The molecule has 2 heterocycles. The van der Waals surface area contributed by atoms with Gasteiger partial charge in [-0.05, 0) is 23.8 Å². The van der Waals surface area contributed by atoms with Crippen LogP contribution < -0.4 is 15.5 Å². The van der Waals surface area contributed by atoms with E-state index in [2.05, 4.69) is 54.7 Å². The number of benzene rings is 2. The van der Waals surface area contributed by atoms with Crippen LogP contribution in [0.3, 0.4) is 0 Å². The highest BCUT2D eigenvalue weighted by Crippen LogP contribution is 2.20. The van der Waals surface area contributed by atoms with Crippen LogP contribution in [0.15, 0.2) is 60.9 Å². The predicted molar refractivity (Wildman–Crippen MR) is 120 cm³/mol. The summed E-state index contributed by atoms with van der Waals surface area (Å²) in [5.74, 6) is 0.592. The van der Waals surface area contributed by atoms with E-state index < -0.39 is 11.8 Å². The molecule has 1 aromatic heterocycles. The van der Waals surface area contributed by atoms with Crippen LogP contribution in [-0.4, -0.2) is 47.1 Å². The van der Waals surface area contributed by atoms with Crippen molar-refractivity contribution in [1.82, 2.24) is 14.9 Å². The molecule has 9 heteroatoms. The third kappa shape index (κ3) is 5.68. The van der Waals surface area contributed by atoms with Gasteiger partial charge in [0, 0.05) is 44.5 Å². The quantitative estimate of drug-likeness (QED) is 0.621. The van der Waals surface area contributed by atoms with E-state index in [0.29, 0.717) is 11.5 Å². The first kappa shape index (κ1) is 21.0. The van der Waals surface area contributed by atoms with E-state index in [1.165, 1.54) is 30.1 Å². The molecule has 160 valence electrons. The lowest BCUT2D eigenvalue weighted by Crippen LogP contribution is -2.46. The summed E-state index contributed by atoms with van der Waals surface area (Å²) in [6.07, 6.45) is 1.43. The second-order valence-electron chi connectivity index (χ2n) is 7.22. The number of nitrogens with zero attached hydrogens (tertiary/aromatic N) is 4. The Morgan fingerprint density at radius 1 is 1.00 bits per heavy atom. The Hall–Kier alpha value is -3.23. The summed E-state index contributed by atoms with van der Waals surface area (Å²) in [5, 5.41) is 5.21. The predicted octanol–water partition coefficient (Wildman–Crippen LogP) is 4.24. The zero-order valence-electron chi connectivity index (χ0n) is 16.8. The van der Waals surface area contributed by atoms with Gasteiger partial charge >= 0.3 is 6.03 Å². The van der Waals surface area contributed by atoms with Gasteiger partial charge in [-0.2, -0.15) is 0 Å². The van der Waals surface area contributed by atoms with Crippen molar-refractivity contribution in [3.63, 3.8) is 0 Å². The molecule has 0 saturated carbocycles. The number of nitrogens with one attached hydrogen (secondary N) is 2. The lowest BCUT2D eigenvalue weighted by Gasteiger charge is -2.35. The van der Waals surface area contributed by atoms with E-state index in [1.807, 2.05) is 6.07 Å². The maximum atomic E-state index is 13.3. The van der Waals surface area contributed by atoms with Crippen molar-refractivity contribution in [2.24, 2.45) is 0 Å². The van der Waals surface area contributed by atoms with Crippen molar-refractivity contribution in [2.75, 3.05) is 41.7 Å². The summed E-state index contributed by atoms with van der Waals surface area (Å²) in [5.41, 5.74) is 1.69. The van der Waals surface area contributed by atoms with Gasteiger partial charge in [-0.1, -0.05) is 41.9 Å². The van der Waals surface area contributed by atoms with Gasteiger partial charge in [-0.3, -0.25) is 10.2 Å². The first-order valence-corrected chi connectivity index (χ1v) is 10.3. The Bertz CT molecular complexity index is 1040. The number of piperazine rings is 1. The van der Waals surface area contributed by atoms with Crippen molar-refractivity contribution < 1.29 is 9.18 Å². The Labute approximate surface area is 184 Å². The minimum Gasteiger partial charge on any atom is -0.354 e. The molecule has 3 aromatic rings. The highest BCUT2D eigenvalue weighted by molar-refractivity contribution is 6.31. The van der Waals surface area contributed by atoms with Crippen molar-refractivity contribution >= 4 is 35.0 Å². The maximum Gasteiger partial charge on any atom is 0.324 e. The second-order valence-corrected chi connectivity index (χ2v) is 7.63. The lowest BCUT2D eigenvalue weighted by atomic mass is 10.2. The van der Waals surface area contributed by atoms with Crippen LogP contribution in [0.2, 0.25) is 5.02 Å². The van der Waals surface area contributed by atoms with E-state index in [1.54, 1.807) is 6.07 Å². The minimum atomic E-state index is -0.545. The molecular formula is C22H22ClFN6O. The number of aromatic nitrogens is 2. The van der Waals surface area contributed by atoms with E-state index >= 15 is 0 Å². The average molecular weight is 441 g/mol. The number of carbonyl (C=O) groups is 1. The molecule has 0 spiro atoms. The molecule has 2 amide bonds. The number of anilines is 3. The molecule has 2 aromatic carbocycles. The first-order valence-electron chi connectivity index (χ1n) is 9.93. The smallest absolute Gasteiger partial charge is 0.324 e. The summed E-state index contributed by atoms with van der Waals surface area (Å²) in [6, 6.07) is 15.6. The SMILES string of the molecule is O=C(Nc1ccc(F)c(Cl)c1)Nc1cc(N2CCN(Cc3ccccc3)CC2)ncn1. The number of carbonyl (C=O) groups excluding carboxylic acids is 1. The van der Waals surface area contributed by atoms with Crippen molar-refractivity contribution in [3.8, 4) is 0 Å². The van der Waals surface area contributed by atoms with E-state index in [0.717, 1.165) is 38.5 Å². The van der Waals surface area contributed by atoms with Gasteiger partial charge in [-0.15, -0.1) is 0 Å². The Morgan fingerprint density at radius 3 is 2.52 bits per heavy atom. The standard InChI is InChI=1S/C22H22ClFN6O/c23-18-12-17(6-7-19(18)24)27-22(31)28-20-13-21(26-15-25-20)30-10-8-29(9-11-30)14-16-4-2-1-3-5-16/h1-7,12-13,15H,8-11,14H2,(H2,25,26,27,28,31).